The van der Waals surface area contributed by atoms with Crippen LogP contribution in [-0.4, -0.2) is 39.9 Å². The topological polar surface area (TPSA) is 47.9 Å². The van der Waals surface area contributed by atoms with E-state index in [-0.39, 0.29) is 17.7 Å². The molecule has 176 valence electrons. The molecule has 0 saturated heterocycles. The van der Waals surface area contributed by atoms with Gasteiger partial charge in [0.15, 0.2) is 0 Å². The molecule has 0 bridgehead atoms. The Labute approximate surface area is 199 Å². The van der Waals surface area contributed by atoms with Crippen LogP contribution in [0.15, 0.2) is 84.9 Å². The summed E-state index contributed by atoms with van der Waals surface area (Å²) < 4.78 is 18.7. The van der Waals surface area contributed by atoms with Crippen LogP contribution in [-0.2, 0) is 9.16 Å². The third-order valence-electron chi connectivity index (χ3n) is 5.98. The number of aliphatic hydroxyl groups excluding tert-OH is 1. The van der Waals surface area contributed by atoms with Gasteiger partial charge < -0.3 is 19.0 Å². The van der Waals surface area contributed by atoms with Gasteiger partial charge in [0.25, 0.3) is 8.32 Å². The van der Waals surface area contributed by atoms with Gasteiger partial charge in [-0.15, -0.1) is 0 Å². The van der Waals surface area contributed by atoms with Gasteiger partial charge in [-0.25, -0.2) is 0 Å². The standard InChI is InChI=1S/C28H36O4Si/c1-22(21-31-27(20-29)25-18-12-13-19-26(25)30-5)32-33(28(2,3)4,23-14-8-6-9-15-23)24-16-10-7-11-17-24/h6-19,22,27,29H,20-21H2,1-5H3/t22-,27?/m1/s1. The summed E-state index contributed by atoms with van der Waals surface area (Å²) >= 11 is 0. The minimum atomic E-state index is -2.66. The van der Waals surface area contributed by atoms with Gasteiger partial charge in [-0.1, -0.05) is 99.6 Å². The maximum absolute atomic E-state index is 10.0. The summed E-state index contributed by atoms with van der Waals surface area (Å²) in [5.74, 6) is 0.706. The molecule has 0 aromatic heterocycles. The number of hydrogen-bond acceptors (Lipinski definition) is 4. The van der Waals surface area contributed by atoms with E-state index in [1.807, 2.05) is 36.4 Å². The Balaban J connectivity index is 1.90. The molecule has 0 fully saturated rings. The number of hydrogen-bond donors (Lipinski definition) is 1. The van der Waals surface area contributed by atoms with Crippen LogP contribution in [0.2, 0.25) is 5.04 Å². The van der Waals surface area contributed by atoms with Crippen LogP contribution in [0.1, 0.15) is 39.4 Å². The fourth-order valence-electron chi connectivity index (χ4n) is 4.45. The Morgan fingerprint density at radius 2 is 1.33 bits per heavy atom. The van der Waals surface area contributed by atoms with Crippen molar-refractivity contribution in [3.63, 3.8) is 0 Å². The Morgan fingerprint density at radius 3 is 1.82 bits per heavy atom. The van der Waals surface area contributed by atoms with Crippen LogP contribution >= 0.6 is 0 Å². The van der Waals surface area contributed by atoms with Crippen LogP contribution in [0.25, 0.3) is 0 Å². The van der Waals surface area contributed by atoms with E-state index in [0.29, 0.717) is 12.4 Å². The molecule has 33 heavy (non-hydrogen) atoms. The summed E-state index contributed by atoms with van der Waals surface area (Å²) in [6.07, 6.45) is -0.661. The number of para-hydroxylation sites is 1. The second-order valence-electron chi connectivity index (χ2n) is 9.34. The summed E-state index contributed by atoms with van der Waals surface area (Å²) in [5, 5.41) is 12.4. The highest BCUT2D eigenvalue weighted by Gasteiger charge is 2.51. The Kier molecular flexibility index (Phi) is 8.49. The number of rotatable bonds is 10. The highest BCUT2D eigenvalue weighted by molar-refractivity contribution is 6.99. The van der Waals surface area contributed by atoms with Crippen molar-refractivity contribution < 1.29 is 19.0 Å². The van der Waals surface area contributed by atoms with Crippen LogP contribution < -0.4 is 15.1 Å². The lowest BCUT2D eigenvalue weighted by Gasteiger charge is -2.44. The lowest BCUT2D eigenvalue weighted by molar-refractivity contribution is -0.0250. The number of aliphatic hydroxyl groups is 1. The van der Waals surface area contributed by atoms with Gasteiger partial charge >= 0.3 is 0 Å². The van der Waals surface area contributed by atoms with Crippen LogP contribution in [0.3, 0.4) is 0 Å². The van der Waals surface area contributed by atoms with Gasteiger partial charge in [0.2, 0.25) is 0 Å². The van der Waals surface area contributed by atoms with Crippen molar-refractivity contribution >= 4 is 18.7 Å². The largest absolute Gasteiger partial charge is 0.496 e. The average molecular weight is 465 g/mol. The minimum absolute atomic E-state index is 0.108. The Bertz CT molecular complexity index is 946. The molecule has 4 nitrogen and oxygen atoms in total. The lowest BCUT2D eigenvalue weighted by atomic mass is 10.1. The van der Waals surface area contributed by atoms with E-state index in [1.54, 1.807) is 7.11 Å². The van der Waals surface area contributed by atoms with Crippen molar-refractivity contribution in [2.45, 2.75) is 44.9 Å². The van der Waals surface area contributed by atoms with Crippen molar-refractivity contribution in [3.8, 4) is 5.75 Å². The Morgan fingerprint density at radius 1 is 0.818 bits per heavy atom. The molecule has 0 radical (unpaired) electrons. The molecular weight excluding hydrogens is 428 g/mol. The smallest absolute Gasteiger partial charge is 0.261 e. The fourth-order valence-corrected chi connectivity index (χ4v) is 9.14. The number of ether oxygens (including phenoxy) is 2. The van der Waals surface area contributed by atoms with Gasteiger partial charge in [-0.2, -0.15) is 0 Å². The van der Waals surface area contributed by atoms with Crippen molar-refractivity contribution in [1.29, 1.82) is 0 Å². The molecule has 0 heterocycles. The first-order valence-electron chi connectivity index (χ1n) is 11.5. The molecule has 5 heteroatoms. The summed E-state index contributed by atoms with van der Waals surface area (Å²) in [6.45, 7) is 9.06. The molecule has 1 unspecified atom stereocenters. The molecule has 0 aliphatic carbocycles. The molecular formula is C28H36O4Si. The van der Waals surface area contributed by atoms with Crippen molar-refractivity contribution in [2.24, 2.45) is 0 Å². The predicted molar refractivity (Wildman–Crippen MR) is 137 cm³/mol. The van der Waals surface area contributed by atoms with Gasteiger partial charge in [0, 0.05) is 5.56 Å². The van der Waals surface area contributed by atoms with Gasteiger partial charge in [0.1, 0.15) is 11.9 Å². The van der Waals surface area contributed by atoms with Gasteiger partial charge in [0.05, 0.1) is 26.4 Å². The van der Waals surface area contributed by atoms with E-state index in [9.17, 15) is 5.11 Å². The average Bonchev–Trinajstić information content (AvgIpc) is 2.83. The molecule has 1 N–H and O–H groups in total. The second kappa shape index (κ2) is 11.1. The van der Waals surface area contributed by atoms with Crippen LogP contribution in [0.4, 0.5) is 0 Å². The molecule has 3 aromatic carbocycles. The molecule has 0 spiro atoms. The highest BCUT2D eigenvalue weighted by atomic mass is 28.4. The first-order valence-corrected chi connectivity index (χ1v) is 13.4. The molecule has 2 atom stereocenters. The SMILES string of the molecule is COc1ccccc1C(CO)OC[C@@H](C)O[Si](c1ccccc1)(c1ccccc1)C(C)(C)C. The van der Waals surface area contributed by atoms with Crippen LogP contribution in [0.5, 0.6) is 5.75 Å². The fraction of sp³-hybridized carbons (Fsp3) is 0.357. The molecule has 0 aliphatic rings. The first-order chi connectivity index (χ1) is 15.8. The highest BCUT2D eigenvalue weighted by Crippen LogP contribution is 2.37. The number of benzene rings is 3. The van der Waals surface area contributed by atoms with Crippen molar-refractivity contribution in [1.82, 2.24) is 0 Å². The summed E-state index contributed by atoms with van der Waals surface area (Å²) in [5.41, 5.74) is 0.833. The van der Waals surface area contributed by atoms with E-state index in [1.165, 1.54) is 10.4 Å². The van der Waals surface area contributed by atoms with Gasteiger partial charge in [-0.3, -0.25) is 0 Å². The molecule has 0 saturated carbocycles. The summed E-state index contributed by atoms with van der Waals surface area (Å²) in [6, 6.07) is 28.8. The van der Waals surface area contributed by atoms with E-state index >= 15 is 0 Å². The zero-order chi connectivity index (χ0) is 23.9. The predicted octanol–water partition coefficient (Wildman–Crippen LogP) is 4.71. The maximum atomic E-state index is 10.0. The second-order valence-corrected chi connectivity index (χ2v) is 13.6. The third kappa shape index (κ3) is 5.56. The van der Waals surface area contributed by atoms with Crippen molar-refractivity contribution in [2.75, 3.05) is 20.3 Å². The van der Waals surface area contributed by atoms with E-state index in [2.05, 4.69) is 76.2 Å². The first kappa shape index (κ1) is 25.2. The molecule has 3 rings (SSSR count). The lowest BCUT2D eigenvalue weighted by Crippen LogP contribution is -2.67. The molecule has 3 aromatic rings. The van der Waals surface area contributed by atoms with E-state index in [0.717, 1.165) is 5.56 Å². The van der Waals surface area contributed by atoms with E-state index in [4.69, 9.17) is 13.9 Å². The van der Waals surface area contributed by atoms with Crippen molar-refractivity contribution in [3.05, 3.63) is 90.5 Å². The van der Waals surface area contributed by atoms with E-state index < -0.39 is 14.4 Å². The monoisotopic (exact) mass is 464 g/mol. The minimum Gasteiger partial charge on any atom is -0.496 e. The number of methoxy groups -OCH3 is 1. The third-order valence-corrected chi connectivity index (χ3v) is 11.1. The molecule has 0 aliphatic heterocycles. The summed E-state index contributed by atoms with van der Waals surface area (Å²) in [7, 11) is -1.03. The van der Waals surface area contributed by atoms with Crippen LogP contribution in [0, 0.1) is 0 Å². The zero-order valence-electron chi connectivity index (χ0n) is 20.3. The van der Waals surface area contributed by atoms with Gasteiger partial charge in [-0.05, 0) is 28.4 Å². The quantitative estimate of drug-likeness (QED) is 0.442. The Hall–Kier alpha value is -2.44. The zero-order valence-corrected chi connectivity index (χ0v) is 21.3. The molecule has 0 amide bonds. The summed E-state index contributed by atoms with van der Waals surface area (Å²) in [4.78, 5) is 0. The normalized spacial score (nSPS) is 14.0. The maximum Gasteiger partial charge on any atom is 0.261 e.